The highest BCUT2D eigenvalue weighted by molar-refractivity contribution is 7.09. The Morgan fingerprint density at radius 3 is 2.79 bits per heavy atom. The molecule has 0 fully saturated rings. The van der Waals surface area contributed by atoms with Gasteiger partial charge in [-0.2, -0.15) is 0 Å². The van der Waals surface area contributed by atoms with Crippen LogP contribution in [0.2, 0.25) is 0 Å². The van der Waals surface area contributed by atoms with Crippen molar-refractivity contribution in [1.82, 2.24) is 4.98 Å². The topological polar surface area (TPSA) is 59.4 Å². The summed E-state index contributed by atoms with van der Waals surface area (Å²) in [4.78, 5) is 15.7. The molecule has 0 amide bonds. The molecule has 100 valence electrons. The number of aromatic nitrogens is 1. The van der Waals surface area contributed by atoms with Gasteiger partial charge in [-0.05, 0) is 25.0 Å². The van der Waals surface area contributed by atoms with E-state index >= 15 is 0 Å². The van der Waals surface area contributed by atoms with Gasteiger partial charge in [0.05, 0.1) is 7.11 Å². The number of nitrogens with zero attached hydrogens (tertiary/aromatic N) is 1. The molecule has 0 radical (unpaired) electrons. The number of carboxylic acids is 1. The van der Waals surface area contributed by atoms with Crippen molar-refractivity contribution in [3.63, 3.8) is 0 Å². The van der Waals surface area contributed by atoms with Gasteiger partial charge in [0.1, 0.15) is 16.7 Å². The molecule has 0 bridgehead atoms. The summed E-state index contributed by atoms with van der Waals surface area (Å²) in [6.45, 7) is 1.86. The average molecular weight is 277 g/mol. The molecule has 1 heterocycles. The molecule has 0 aliphatic carbocycles. The van der Waals surface area contributed by atoms with Crippen LogP contribution in [0.5, 0.6) is 5.75 Å². The quantitative estimate of drug-likeness (QED) is 0.913. The normalized spacial score (nSPS) is 12.1. The Balaban J connectivity index is 2.29. The van der Waals surface area contributed by atoms with Gasteiger partial charge >= 0.3 is 5.97 Å². The van der Waals surface area contributed by atoms with Gasteiger partial charge in [-0.3, -0.25) is 4.79 Å². The fraction of sp³-hybridized carbons (Fsp3) is 0.286. The molecule has 2 aromatic rings. The van der Waals surface area contributed by atoms with E-state index < -0.39 is 11.9 Å². The summed E-state index contributed by atoms with van der Waals surface area (Å²) < 4.78 is 5.26. The van der Waals surface area contributed by atoms with E-state index in [2.05, 4.69) is 4.98 Å². The van der Waals surface area contributed by atoms with Crippen molar-refractivity contribution < 1.29 is 14.6 Å². The van der Waals surface area contributed by atoms with Crippen molar-refractivity contribution in [2.75, 3.05) is 7.11 Å². The molecule has 0 saturated heterocycles. The Kier molecular flexibility index (Phi) is 4.16. The van der Waals surface area contributed by atoms with Crippen LogP contribution in [-0.4, -0.2) is 23.2 Å². The fourth-order valence-corrected chi connectivity index (χ4v) is 2.79. The molecule has 5 heteroatoms. The van der Waals surface area contributed by atoms with Crippen LogP contribution in [0.25, 0.3) is 0 Å². The highest BCUT2D eigenvalue weighted by Crippen LogP contribution is 2.28. The van der Waals surface area contributed by atoms with Gasteiger partial charge in [-0.15, -0.1) is 11.3 Å². The number of methoxy groups -OCH3 is 1. The van der Waals surface area contributed by atoms with Gasteiger partial charge < -0.3 is 9.84 Å². The number of para-hydroxylation sites is 1. The van der Waals surface area contributed by atoms with Gasteiger partial charge in [0, 0.05) is 11.1 Å². The van der Waals surface area contributed by atoms with Crippen molar-refractivity contribution in [2.45, 2.75) is 19.3 Å². The molecule has 1 aromatic carbocycles. The Morgan fingerprint density at radius 1 is 1.47 bits per heavy atom. The largest absolute Gasteiger partial charge is 0.496 e. The summed E-state index contributed by atoms with van der Waals surface area (Å²) in [5.74, 6) is -0.780. The Labute approximate surface area is 115 Å². The number of benzene rings is 1. The second kappa shape index (κ2) is 5.84. The summed E-state index contributed by atoms with van der Waals surface area (Å²) in [6.07, 6.45) is 0.381. The lowest BCUT2D eigenvalue weighted by Gasteiger charge is -2.12. The number of carbonyl (C=O) groups is 1. The molecule has 1 N–H and O–H groups in total. The van der Waals surface area contributed by atoms with E-state index in [9.17, 15) is 9.90 Å². The maximum atomic E-state index is 11.4. The number of aryl methyl sites for hydroxylation is 1. The molecule has 1 atom stereocenters. The highest BCUT2D eigenvalue weighted by Gasteiger charge is 2.24. The molecule has 0 saturated carbocycles. The van der Waals surface area contributed by atoms with Gasteiger partial charge in [0.15, 0.2) is 0 Å². The van der Waals surface area contributed by atoms with Gasteiger partial charge in [-0.25, -0.2) is 4.98 Å². The van der Waals surface area contributed by atoms with E-state index in [0.29, 0.717) is 17.2 Å². The number of hydrogen-bond acceptors (Lipinski definition) is 4. The lowest BCUT2D eigenvalue weighted by Crippen LogP contribution is -2.14. The molecular weight excluding hydrogens is 262 g/mol. The van der Waals surface area contributed by atoms with Crippen molar-refractivity contribution in [3.05, 3.63) is 45.9 Å². The number of hydrogen-bond donors (Lipinski definition) is 1. The van der Waals surface area contributed by atoms with E-state index in [1.165, 1.54) is 11.3 Å². The molecule has 1 aromatic heterocycles. The highest BCUT2D eigenvalue weighted by atomic mass is 32.1. The zero-order chi connectivity index (χ0) is 13.8. The zero-order valence-corrected chi connectivity index (χ0v) is 11.6. The Morgan fingerprint density at radius 2 is 2.21 bits per heavy atom. The van der Waals surface area contributed by atoms with E-state index in [4.69, 9.17) is 4.74 Å². The summed E-state index contributed by atoms with van der Waals surface area (Å²) in [6, 6.07) is 7.46. The van der Waals surface area contributed by atoms with E-state index in [1.54, 1.807) is 7.11 Å². The van der Waals surface area contributed by atoms with Crippen LogP contribution in [0.15, 0.2) is 29.6 Å². The van der Waals surface area contributed by atoms with Crippen molar-refractivity contribution >= 4 is 17.3 Å². The third-order valence-electron chi connectivity index (χ3n) is 2.85. The minimum absolute atomic E-state index is 0.381. The Hall–Kier alpha value is -1.88. The maximum absolute atomic E-state index is 11.4. The molecule has 4 nitrogen and oxygen atoms in total. The van der Waals surface area contributed by atoms with Crippen LogP contribution in [0.3, 0.4) is 0 Å². The number of ether oxygens (including phenoxy) is 1. The van der Waals surface area contributed by atoms with Crippen molar-refractivity contribution in [1.29, 1.82) is 0 Å². The van der Waals surface area contributed by atoms with Crippen LogP contribution in [0, 0.1) is 6.92 Å². The number of rotatable bonds is 5. The molecule has 0 aliphatic heterocycles. The monoisotopic (exact) mass is 277 g/mol. The number of aliphatic carboxylic acids is 1. The maximum Gasteiger partial charge on any atom is 0.313 e. The van der Waals surface area contributed by atoms with E-state index in [-0.39, 0.29) is 0 Å². The minimum atomic E-state index is -0.861. The van der Waals surface area contributed by atoms with E-state index in [1.807, 2.05) is 36.6 Å². The fourth-order valence-electron chi connectivity index (χ4n) is 1.90. The van der Waals surface area contributed by atoms with Crippen LogP contribution >= 0.6 is 11.3 Å². The molecule has 0 spiro atoms. The van der Waals surface area contributed by atoms with Gasteiger partial charge in [-0.1, -0.05) is 18.2 Å². The minimum Gasteiger partial charge on any atom is -0.496 e. The smallest absolute Gasteiger partial charge is 0.313 e. The number of thiazole rings is 1. The van der Waals surface area contributed by atoms with Crippen LogP contribution < -0.4 is 4.74 Å². The molecule has 19 heavy (non-hydrogen) atoms. The summed E-state index contributed by atoms with van der Waals surface area (Å²) in [5, 5.41) is 11.9. The number of carboxylic acid groups (broad SMARTS) is 1. The first-order chi connectivity index (χ1) is 9.11. The third-order valence-corrected chi connectivity index (χ3v) is 3.93. The molecule has 0 aliphatic rings. The van der Waals surface area contributed by atoms with Gasteiger partial charge in [0.2, 0.25) is 0 Å². The van der Waals surface area contributed by atoms with Crippen LogP contribution in [0.1, 0.15) is 22.2 Å². The lowest BCUT2D eigenvalue weighted by atomic mass is 9.99. The molecule has 1 unspecified atom stereocenters. The predicted octanol–water partition coefficient (Wildman–Crippen LogP) is 2.87. The zero-order valence-electron chi connectivity index (χ0n) is 10.8. The lowest BCUT2D eigenvalue weighted by molar-refractivity contribution is -0.138. The standard InChI is InChI=1S/C14H15NO3S/c1-9-8-19-13(15-9)11(14(16)17)7-10-5-3-4-6-12(10)18-2/h3-6,8,11H,7H2,1-2H3,(H,16,17). The van der Waals surface area contributed by atoms with Crippen LogP contribution in [-0.2, 0) is 11.2 Å². The second-order valence-electron chi connectivity index (χ2n) is 4.23. The van der Waals surface area contributed by atoms with Crippen LogP contribution in [0.4, 0.5) is 0 Å². The predicted molar refractivity (Wildman–Crippen MR) is 73.9 cm³/mol. The average Bonchev–Trinajstić information content (AvgIpc) is 2.82. The van der Waals surface area contributed by atoms with Gasteiger partial charge in [0.25, 0.3) is 0 Å². The second-order valence-corrected chi connectivity index (χ2v) is 5.12. The third kappa shape index (κ3) is 3.12. The summed E-state index contributed by atoms with van der Waals surface area (Å²) in [7, 11) is 1.59. The Bertz CT molecular complexity index is 580. The van der Waals surface area contributed by atoms with Crippen molar-refractivity contribution in [2.24, 2.45) is 0 Å². The first-order valence-electron chi connectivity index (χ1n) is 5.88. The summed E-state index contributed by atoms with van der Waals surface area (Å²) in [5.41, 5.74) is 1.73. The first kappa shape index (κ1) is 13.5. The molecular formula is C14H15NO3S. The SMILES string of the molecule is COc1ccccc1CC(C(=O)O)c1nc(C)cs1. The first-order valence-corrected chi connectivity index (χ1v) is 6.76. The van der Waals surface area contributed by atoms with E-state index in [0.717, 1.165) is 11.3 Å². The molecule has 2 rings (SSSR count). The van der Waals surface area contributed by atoms with Crippen molar-refractivity contribution in [3.8, 4) is 5.75 Å². The summed E-state index contributed by atoms with van der Waals surface area (Å²) >= 11 is 1.39.